The zero-order valence-corrected chi connectivity index (χ0v) is 16.5. The lowest BCUT2D eigenvalue weighted by Crippen LogP contribution is -2.35. The van der Waals surface area contributed by atoms with Crippen molar-refractivity contribution in [3.63, 3.8) is 0 Å². The van der Waals surface area contributed by atoms with Crippen molar-refractivity contribution in [1.29, 1.82) is 0 Å². The van der Waals surface area contributed by atoms with Crippen LogP contribution in [0.25, 0.3) is 0 Å². The van der Waals surface area contributed by atoms with E-state index in [4.69, 9.17) is 4.74 Å². The van der Waals surface area contributed by atoms with Crippen LogP contribution in [0.1, 0.15) is 104 Å². The standard InChI is InChI=1S/C23H42O/c1-3-5-15-24-23-13-11-19(12-14-23)21-10-9-20-16-18(6-4-2)7-8-22(20)17-21/h18-23H,3-17H2,1-2H3/t18-,19?,20-,21+,22+,23?/m0/s1. The van der Waals surface area contributed by atoms with Crippen molar-refractivity contribution in [2.45, 2.75) is 110 Å². The van der Waals surface area contributed by atoms with E-state index < -0.39 is 0 Å². The molecule has 140 valence electrons. The second-order valence-corrected chi connectivity index (χ2v) is 9.32. The van der Waals surface area contributed by atoms with Gasteiger partial charge >= 0.3 is 0 Å². The van der Waals surface area contributed by atoms with E-state index in [0.29, 0.717) is 6.10 Å². The molecule has 0 bridgehead atoms. The summed E-state index contributed by atoms with van der Waals surface area (Å²) in [5, 5.41) is 0. The monoisotopic (exact) mass is 334 g/mol. The Balaban J connectivity index is 1.39. The molecule has 0 unspecified atom stereocenters. The summed E-state index contributed by atoms with van der Waals surface area (Å²) in [7, 11) is 0. The summed E-state index contributed by atoms with van der Waals surface area (Å²) in [6, 6.07) is 0. The molecule has 3 rings (SSSR count). The van der Waals surface area contributed by atoms with Gasteiger partial charge in [-0.3, -0.25) is 0 Å². The predicted molar refractivity (Wildman–Crippen MR) is 103 cm³/mol. The largest absolute Gasteiger partial charge is 0.378 e. The average molecular weight is 335 g/mol. The molecule has 0 heterocycles. The lowest BCUT2D eigenvalue weighted by Gasteiger charge is -2.45. The smallest absolute Gasteiger partial charge is 0.0575 e. The molecular formula is C23H42O. The Morgan fingerprint density at radius 3 is 2.00 bits per heavy atom. The van der Waals surface area contributed by atoms with Crippen LogP contribution in [0.5, 0.6) is 0 Å². The molecular weight excluding hydrogens is 292 g/mol. The third-order valence-corrected chi connectivity index (χ3v) is 7.70. The maximum Gasteiger partial charge on any atom is 0.0575 e. The quantitative estimate of drug-likeness (QED) is 0.456. The number of hydrogen-bond donors (Lipinski definition) is 0. The molecule has 0 radical (unpaired) electrons. The molecule has 3 fully saturated rings. The normalized spacial score (nSPS) is 40.2. The van der Waals surface area contributed by atoms with Crippen LogP contribution < -0.4 is 0 Å². The SMILES string of the molecule is CCCCOC1CCC([C@@H]2CC[C@H]3C[C@@H](CCC)CC[C@@H]3C2)CC1. The molecule has 24 heavy (non-hydrogen) atoms. The van der Waals surface area contributed by atoms with Crippen LogP contribution in [0.3, 0.4) is 0 Å². The van der Waals surface area contributed by atoms with Crippen molar-refractivity contribution in [3.05, 3.63) is 0 Å². The second-order valence-electron chi connectivity index (χ2n) is 9.32. The fraction of sp³-hybridized carbons (Fsp3) is 1.00. The van der Waals surface area contributed by atoms with Gasteiger partial charge in [-0.05, 0) is 93.8 Å². The van der Waals surface area contributed by atoms with Gasteiger partial charge in [0, 0.05) is 6.61 Å². The Bertz CT molecular complexity index is 344. The summed E-state index contributed by atoms with van der Waals surface area (Å²) in [4.78, 5) is 0. The van der Waals surface area contributed by atoms with Gasteiger partial charge in [0.25, 0.3) is 0 Å². The van der Waals surface area contributed by atoms with Gasteiger partial charge in [0.05, 0.1) is 6.10 Å². The van der Waals surface area contributed by atoms with E-state index in [2.05, 4.69) is 13.8 Å². The average Bonchev–Trinajstić information content (AvgIpc) is 2.62. The second kappa shape index (κ2) is 9.60. The highest BCUT2D eigenvalue weighted by molar-refractivity contribution is 4.89. The lowest BCUT2D eigenvalue weighted by molar-refractivity contribution is -0.00216. The fourth-order valence-corrected chi connectivity index (χ4v) is 6.24. The molecule has 3 aliphatic carbocycles. The van der Waals surface area contributed by atoms with E-state index in [9.17, 15) is 0 Å². The number of rotatable bonds is 7. The predicted octanol–water partition coefficient (Wildman–Crippen LogP) is 6.99. The summed E-state index contributed by atoms with van der Waals surface area (Å²) < 4.78 is 6.08. The molecule has 0 aromatic carbocycles. The first-order chi connectivity index (χ1) is 11.8. The summed E-state index contributed by atoms with van der Waals surface area (Å²) in [6.45, 7) is 5.62. The van der Waals surface area contributed by atoms with Crippen molar-refractivity contribution in [2.75, 3.05) is 6.61 Å². The molecule has 0 amide bonds. The first-order valence-electron chi connectivity index (χ1n) is 11.4. The lowest BCUT2D eigenvalue weighted by atomic mass is 9.61. The number of hydrogen-bond acceptors (Lipinski definition) is 1. The van der Waals surface area contributed by atoms with E-state index in [-0.39, 0.29) is 0 Å². The van der Waals surface area contributed by atoms with Crippen LogP contribution in [0.15, 0.2) is 0 Å². The van der Waals surface area contributed by atoms with Crippen molar-refractivity contribution < 1.29 is 4.74 Å². The fourth-order valence-electron chi connectivity index (χ4n) is 6.24. The van der Waals surface area contributed by atoms with Crippen LogP contribution in [-0.4, -0.2) is 12.7 Å². The molecule has 0 aromatic heterocycles. The minimum absolute atomic E-state index is 0.591. The van der Waals surface area contributed by atoms with Crippen molar-refractivity contribution in [2.24, 2.45) is 29.6 Å². The van der Waals surface area contributed by atoms with E-state index >= 15 is 0 Å². The zero-order valence-electron chi connectivity index (χ0n) is 16.5. The Hall–Kier alpha value is -0.0400. The number of fused-ring (bicyclic) bond motifs is 1. The molecule has 3 saturated carbocycles. The van der Waals surface area contributed by atoms with Crippen LogP contribution >= 0.6 is 0 Å². The van der Waals surface area contributed by atoms with Gasteiger partial charge in [0.1, 0.15) is 0 Å². The molecule has 0 aromatic rings. The summed E-state index contributed by atoms with van der Waals surface area (Å²) in [6.07, 6.45) is 20.9. The summed E-state index contributed by atoms with van der Waals surface area (Å²) >= 11 is 0. The Kier molecular flexibility index (Phi) is 7.50. The first-order valence-corrected chi connectivity index (χ1v) is 11.4. The molecule has 1 heteroatoms. The molecule has 0 spiro atoms. The van der Waals surface area contributed by atoms with E-state index in [0.717, 1.165) is 36.2 Å². The van der Waals surface area contributed by atoms with Gasteiger partial charge in [0.15, 0.2) is 0 Å². The van der Waals surface area contributed by atoms with Crippen molar-refractivity contribution in [3.8, 4) is 0 Å². The van der Waals surface area contributed by atoms with Crippen LogP contribution in [0, 0.1) is 29.6 Å². The van der Waals surface area contributed by atoms with Crippen LogP contribution in [-0.2, 0) is 4.74 Å². The highest BCUT2D eigenvalue weighted by Crippen LogP contribution is 2.49. The van der Waals surface area contributed by atoms with Crippen LogP contribution in [0.4, 0.5) is 0 Å². The van der Waals surface area contributed by atoms with E-state index in [1.807, 2.05) is 0 Å². The molecule has 0 N–H and O–H groups in total. The van der Waals surface area contributed by atoms with Gasteiger partial charge < -0.3 is 4.74 Å². The molecule has 4 atom stereocenters. The number of ether oxygens (including phenoxy) is 1. The first kappa shape index (κ1) is 18.7. The molecule has 3 aliphatic rings. The third-order valence-electron chi connectivity index (χ3n) is 7.70. The van der Waals surface area contributed by atoms with Gasteiger partial charge in [-0.2, -0.15) is 0 Å². The van der Waals surface area contributed by atoms with E-state index in [1.54, 1.807) is 38.5 Å². The van der Waals surface area contributed by atoms with E-state index in [1.165, 1.54) is 51.4 Å². The highest BCUT2D eigenvalue weighted by Gasteiger charge is 2.38. The maximum absolute atomic E-state index is 6.08. The Morgan fingerprint density at radius 2 is 1.29 bits per heavy atom. The number of unbranched alkanes of at least 4 members (excludes halogenated alkanes) is 1. The summed E-state index contributed by atoms with van der Waals surface area (Å²) in [5.74, 6) is 5.36. The summed E-state index contributed by atoms with van der Waals surface area (Å²) in [5.41, 5.74) is 0. The Morgan fingerprint density at radius 1 is 0.667 bits per heavy atom. The van der Waals surface area contributed by atoms with Crippen molar-refractivity contribution in [1.82, 2.24) is 0 Å². The minimum Gasteiger partial charge on any atom is -0.378 e. The molecule has 1 nitrogen and oxygen atoms in total. The van der Waals surface area contributed by atoms with Crippen molar-refractivity contribution >= 4 is 0 Å². The minimum atomic E-state index is 0.591. The van der Waals surface area contributed by atoms with Gasteiger partial charge in [-0.1, -0.05) is 39.5 Å². The van der Waals surface area contributed by atoms with Crippen LogP contribution in [0.2, 0.25) is 0 Å². The topological polar surface area (TPSA) is 9.23 Å². The third kappa shape index (κ3) is 4.99. The van der Waals surface area contributed by atoms with Gasteiger partial charge in [-0.15, -0.1) is 0 Å². The van der Waals surface area contributed by atoms with Gasteiger partial charge in [0.2, 0.25) is 0 Å². The maximum atomic E-state index is 6.08. The molecule has 0 saturated heterocycles. The zero-order chi connectivity index (χ0) is 16.8. The highest BCUT2D eigenvalue weighted by atomic mass is 16.5. The van der Waals surface area contributed by atoms with Gasteiger partial charge in [-0.25, -0.2) is 0 Å². The Labute approximate surface area is 151 Å². The molecule has 0 aliphatic heterocycles.